The monoisotopic (exact) mass is 299 g/mol. The van der Waals surface area contributed by atoms with Crippen LogP contribution in [0.4, 0.5) is 0 Å². The van der Waals surface area contributed by atoms with E-state index in [0.717, 1.165) is 45.6 Å². The number of hydrogen-bond donors (Lipinski definition) is 1. The summed E-state index contributed by atoms with van der Waals surface area (Å²) in [5, 5.41) is 3.38. The Morgan fingerprint density at radius 3 is 2.67 bits per heavy atom. The van der Waals surface area contributed by atoms with E-state index >= 15 is 0 Å². The van der Waals surface area contributed by atoms with Gasteiger partial charge >= 0.3 is 5.97 Å². The van der Waals surface area contributed by atoms with Gasteiger partial charge in [0.05, 0.1) is 6.61 Å². The van der Waals surface area contributed by atoms with E-state index in [0.29, 0.717) is 12.6 Å². The Morgan fingerprint density at radius 2 is 2.10 bits per heavy atom. The molecular formula is C16H33N3O2. The lowest BCUT2D eigenvalue weighted by Crippen LogP contribution is -2.55. The number of carbonyl (C=O) groups excluding carboxylic acids is 1. The molecule has 0 amide bonds. The lowest BCUT2D eigenvalue weighted by molar-refractivity contribution is -0.151. The van der Waals surface area contributed by atoms with Crippen molar-refractivity contribution >= 4 is 5.97 Å². The third kappa shape index (κ3) is 5.57. The molecule has 2 unspecified atom stereocenters. The highest BCUT2D eigenvalue weighted by molar-refractivity contribution is 5.80. The largest absolute Gasteiger partial charge is 0.465 e. The van der Waals surface area contributed by atoms with Crippen LogP contribution in [0, 0.1) is 0 Å². The summed E-state index contributed by atoms with van der Waals surface area (Å²) in [5.41, 5.74) is -0.571. The van der Waals surface area contributed by atoms with E-state index in [1.807, 2.05) is 13.8 Å². The highest BCUT2D eigenvalue weighted by Gasteiger charge is 2.34. The molecule has 0 aromatic carbocycles. The standard InChI is InChI=1S/C16H33N3O2/c1-6-9-17-16(4,15(20)21-7-2)8-10-19-12-11-18(5)14(3)13-19/h14,17H,6-13H2,1-5H3. The average Bonchev–Trinajstić information content (AvgIpc) is 2.46. The highest BCUT2D eigenvalue weighted by atomic mass is 16.5. The first-order valence-electron chi connectivity index (χ1n) is 8.27. The Labute approximate surface area is 130 Å². The van der Waals surface area contributed by atoms with Gasteiger partial charge in [0.25, 0.3) is 0 Å². The molecule has 0 spiro atoms. The molecule has 1 heterocycles. The lowest BCUT2D eigenvalue weighted by Gasteiger charge is -2.39. The molecule has 1 saturated heterocycles. The van der Waals surface area contributed by atoms with Gasteiger partial charge in [-0.05, 0) is 47.2 Å². The molecule has 2 atom stereocenters. The molecule has 5 nitrogen and oxygen atoms in total. The number of hydrogen-bond acceptors (Lipinski definition) is 5. The number of piperazine rings is 1. The average molecular weight is 299 g/mol. The molecule has 0 saturated carbocycles. The molecule has 0 bridgehead atoms. The van der Waals surface area contributed by atoms with Crippen molar-refractivity contribution in [3.63, 3.8) is 0 Å². The number of esters is 1. The van der Waals surface area contributed by atoms with Crippen LogP contribution >= 0.6 is 0 Å². The van der Waals surface area contributed by atoms with E-state index in [1.54, 1.807) is 0 Å². The molecule has 0 radical (unpaired) electrons. The van der Waals surface area contributed by atoms with Crippen LogP contribution in [-0.4, -0.2) is 73.7 Å². The zero-order chi connectivity index (χ0) is 15.9. The van der Waals surface area contributed by atoms with Crippen LogP contribution in [0.1, 0.15) is 40.5 Å². The minimum atomic E-state index is -0.571. The fraction of sp³-hybridized carbons (Fsp3) is 0.938. The van der Waals surface area contributed by atoms with Crippen LogP contribution < -0.4 is 5.32 Å². The van der Waals surface area contributed by atoms with Gasteiger partial charge in [-0.1, -0.05) is 6.92 Å². The van der Waals surface area contributed by atoms with Crippen molar-refractivity contribution in [2.24, 2.45) is 0 Å². The van der Waals surface area contributed by atoms with Crippen LogP contribution in [0.3, 0.4) is 0 Å². The van der Waals surface area contributed by atoms with Gasteiger partial charge < -0.3 is 19.9 Å². The second-order valence-electron chi connectivity index (χ2n) is 6.36. The Hall–Kier alpha value is -0.650. The fourth-order valence-electron chi connectivity index (χ4n) is 2.66. The van der Waals surface area contributed by atoms with Crippen LogP contribution in [0.2, 0.25) is 0 Å². The number of nitrogens with zero attached hydrogens (tertiary/aromatic N) is 2. The molecular weight excluding hydrogens is 266 g/mol. The van der Waals surface area contributed by atoms with Crippen LogP contribution in [0.15, 0.2) is 0 Å². The third-order valence-corrected chi connectivity index (χ3v) is 4.46. The van der Waals surface area contributed by atoms with Crippen molar-refractivity contribution in [2.75, 3.05) is 46.4 Å². The van der Waals surface area contributed by atoms with Crippen molar-refractivity contribution in [2.45, 2.75) is 52.1 Å². The molecule has 0 aliphatic carbocycles. The Bertz CT molecular complexity index is 325. The number of carbonyl (C=O) groups is 1. The van der Waals surface area contributed by atoms with Crippen LogP contribution in [0.25, 0.3) is 0 Å². The summed E-state index contributed by atoms with van der Waals surface area (Å²) >= 11 is 0. The van der Waals surface area contributed by atoms with Gasteiger partial charge in [0, 0.05) is 32.2 Å². The van der Waals surface area contributed by atoms with Crippen molar-refractivity contribution in [3.8, 4) is 0 Å². The smallest absolute Gasteiger partial charge is 0.326 e. The van der Waals surface area contributed by atoms with Gasteiger partial charge in [0.1, 0.15) is 5.54 Å². The van der Waals surface area contributed by atoms with E-state index in [4.69, 9.17) is 4.74 Å². The molecule has 0 aromatic heterocycles. The first-order valence-corrected chi connectivity index (χ1v) is 8.27. The summed E-state index contributed by atoms with van der Waals surface area (Å²) in [6, 6.07) is 0.580. The topological polar surface area (TPSA) is 44.8 Å². The van der Waals surface area contributed by atoms with Gasteiger partial charge in [0.2, 0.25) is 0 Å². The molecule has 1 fully saturated rings. The number of likely N-dealkylation sites (N-methyl/N-ethyl adjacent to an activating group) is 1. The molecule has 1 aliphatic heterocycles. The number of ether oxygens (including phenoxy) is 1. The molecule has 21 heavy (non-hydrogen) atoms. The molecule has 1 N–H and O–H groups in total. The minimum absolute atomic E-state index is 0.124. The Kier molecular flexibility index (Phi) is 7.63. The SMILES string of the molecule is CCCNC(C)(CCN1CCN(C)C(C)C1)C(=O)OCC. The van der Waals surface area contributed by atoms with Crippen molar-refractivity contribution in [1.82, 2.24) is 15.1 Å². The maximum atomic E-state index is 12.2. The second-order valence-corrected chi connectivity index (χ2v) is 6.36. The lowest BCUT2D eigenvalue weighted by atomic mass is 9.96. The molecule has 1 aliphatic rings. The van der Waals surface area contributed by atoms with E-state index < -0.39 is 5.54 Å². The van der Waals surface area contributed by atoms with Crippen molar-refractivity contribution < 1.29 is 9.53 Å². The third-order valence-electron chi connectivity index (χ3n) is 4.46. The van der Waals surface area contributed by atoms with Crippen LogP contribution in [0.5, 0.6) is 0 Å². The summed E-state index contributed by atoms with van der Waals surface area (Å²) in [4.78, 5) is 17.1. The van der Waals surface area contributed by atoms with Crippen molar-refractivity contribution in [1.29, 1.82) is 0 Å². The Balaban J connectivity index is 2.54. The molecule has 1 rings (SSSR count). The zero-order valence-corrected chi connectivity index (χ0v) is 14.4. The van der Waals surface area contributed by atoms with Crippen LogP contribution in [-0.2, 0) is 9.53 Å². The summed E-state index contributed by atoms with van der Waals surface area (Å²) in [7, 11) is 2.17. The first-order chi connectivity index (χ1) is 9.92. The molecule has 0 aromatic rings. The van der Waals surface area contributed by atoms with Gasteiger partial charge in [-0.3, -0.25) is 4.79 Å². The number of rotatable bonds is 8. The summed E-state index contributed by atoms with van der Waals surface area (Å²) in [6.45, 7) is 13.7. The maximum Gasteiger partial charge on any atom is 0.326 e. The first kappa shape index (κ1) is 18.4. The second kappa shape index (κ2) is 8.71. The molecule has 124 valence electrons. The summed E-state index contributed by atoms with van der Waals surface area (Å²) in [6.07, 6.45) is 1.81. The molecule has 5 heteroatoms. The minimum Gasteiger partial charge on any atom is -0.465 e. The zero-order valence-electron chi connectivity index (χ0n) is 14.4. The maximum absolute atomic E-state index is 12.2. The fourth-order valence-corrected chi connectivity index (χ4v) is 2.66. The van der Waals surface area contributed by atoms with Gasteiger partial charge in [-0.15, -0.1) is 0 Å². The number of nitrogens with one attached hydrogen (secondary N) is 1. The predicted octanol–water partition coefficient (Wildman–Crippen LogP) is 1.33. The van der Waals surface area contributed by atoms with E-state index in [-0.39, 0.29) is 5.97 Å². The van der Waals surface area contributed by atoms with E-state index in [9.17, 15) is 4.79 Å². The predicted molar refractivity (Wildman–Crippen MR) is 86.5 cm³/mol. The highest BCUT2D eigenvalue weighted by Crippen LogP contribution is 2.15. The van der Waals surface area contributed by atoms with E-state index in [2.05, 4.69) is 36.0 Å². The van der Waals surface area contributed by atoms with Crippen molar-refractivity contribution in [3.05, 3.63) is 0 Å². The quantitative estimate of drug-likeness (QED) is 0.685. The normalized spacial score (nSPS) is 23.8. The Morgan fingerprint density at radius 1 is 1.38 bits per heavy atom. The van der Waals surface area contributed by atoms with Gasteiger partial charge in [-0.2, -0.15) is 0 Å². The van der Waals surface area contributed by atoms with Gasteiger partial charge in [0.15, 0.2) is 0 Å². The summed E-state index contributed by atoms with van der Waals surface area (Å²) in [5.74, 6) is -0.124. The van der Waals surface area contributed by atoms with Gasteiger partial charge in [-0.25, -0.2) is 0 Å². The van der Waals surface area contributed by atoms with E-state index in [1.165, 1.54) is 0 Å². The summed E-state index contributed by atoms with van der Waals surface area (Å²) < 4.78 is 5.25.